The maximum absolute atomic E-state index is 11.5. The molecule has 0 bridgehead atoms. The number of carbonyl (C=O) groups is 2. The van der Waals surface area contributed by atoms with Crippen LogP contribution in [0.2, 0.25) is 0 Å². The van der Waals surface area contributed by atoms with Gasteiger partial charge in [0, 0.05) is 17.7 Å². The minimum atomic E-state index is -0.330. The van der Waals surface area contributed by atoms with Crippen molar-refractivity contribution in [2.75, 3.05) is 6.61 Å². The molecule has 0 spiro atoms. The Morgan fingerprint density at radius 2 is 2.33 bits per heavy atom. The van der Waals surface area contributed by atoms with E-state index >= 15 is 0 Å². The van der Waals surface area contributed by atoms with E-state index in [-0.39, 0.29) is 18.3 Å². The van der Waals surface area contributed by atoms with E-state index in [1.807, 2.05) is 12.1 Å². The highest BCUT2D eigenvalue weighted by molar-refractivity contribution is 5.98. The van der Waals surface area contributed by atoms with Gasteiger partial charge in [-0.3, -0.25) is 9.59 Å². The standard InChI is InChI=1S/C14H13NO3/c1-2-18-13(16)5-3-4-10-6-7-11-9-15-14(17)12(11)8-10/h6-8H,2,5,9H2,1H3,(H,15,17). The molecule has 1 N–H and O–H groups in total. The average molecular weight is 243 g/mol. The van der Waals surface area contributed by atoms with Crippen molar-refractivity contribution in [3.63, 3.8) is 0 Å². The molecule has 4 heteroatoms. The Morgan fingerprint density at radius 1 is 1.50 bits per heavy atom. The van der Waals surface area contributed by atoms with Gasteiger partial charge in [0.15, 0.2) is 0 Å². The molecule has 0 saturated carbocycles. The predicted octanol–water partition coefficient (Wildman–Crippen LogP) is 1.23. The second kappa shape index (κ2) is 5.37. The predicted molar refractivity (Wildman–Crippen MR) is 65.7 cm³/mol. The van der Waals surface area contributed by atoms with Crippen LogP contribution in [-0.4, -0.2) is 18.5 Å². The number of nitrogens with one attached hydrogen (secondary N) is 1. The Hall–Kier alpha value is -2.28. The number of benzene rings is 1. The van der Waals surface area contributed by atoms with Crippen molar-refractivity contribution in [2.45, 2.75) is 19.9 Å². The summed E-state index contributed by atoms with van der Waals surface area (Å²) in [5, 5.41) is 2.74. The summed E-state index contributed by atoms with van der Waals surface area (Å²) in [6, 6.07) is 5.47. The van der Waals surface area contributed by atoms with Crippen LogP contribution in [0.5, 0.6) is 0 Å². The van der Waals surface area contributed by atoms with Gasteiger partial charge < -0.3 is 10.1 Å². The van der Waals surface area contributed by atoms with E-state index in [2.05, 4.69) is 17.2 Å². The van der Waals surface area contributed by atoms with Crippen molar-refractivity contribution >= 4 is 11.9 Å². The second-order valence-electron chi connectivity index (χ2n) is 3.84. The lowest BCUT2D eigenvalue weighted by Crippen LogP contribution is -2.12. The van der Waals surface area contributed by atoms with Crippen LogP contribution in [0, 0.1) is 11.8 Å². The molecule has 2 rings (SSSR count). The van der Waals surface area contributed by atoms with Gasteiger partial charge in [-0.15, -0.1) is 0 Å². The van der Waals surface area contributed by atoms with Crippen LogP contribution < -0.4 is 5.32 Å². The number of fused-ring (bicyclic) bond motifs is 1. The van der Waals surface area contributed by atoms with Crippen molar-refractivity contribution in [1.29, 1.82) is 0 Å². The fraction of sp³-hybridized carbons (Fsp3) is 0.286. The Balaban J connectivity index is 2.07. The van der Waals surface area contributed by atoms with Crippen LogP contribution in [0.25, 0.3) is 0 Å². The molecular formula is C14H13NO3. The molecule has 4 nitrogen and oxygen atoms in total. The summed E-state index contributed by atoms with van der Waals surface area (Å²) in [5.74, 6) is 5.19. The molecule has 1 aromatic carbocycles. The minimum absolute atomic E-state index is 0.0666. The molecule has 0 unspecified atom stereocenters. The first-order valence-corrected chi connectivity index (χ1v) is 5.76. The van der Waals surface area contributed by atoms with Gasteiger partial charge in [-0.25, -0.2) is 0 Å². The van der Waals surface area contributed by atoms with Gasteiger partial charge in [0.1, 0.15) is 6.42 Å². The molecule has 92 valence electrons. The van der Waals surface area contributed by atoms with Crippen molar-refractivity contribution in [2.24, 2.45) is 0 Å². The first kappa shape index (κ1) is 12.2. The van der Waals surface area contributed by atoms with Gasteiger partial charge in [0.05, 0.1) is 6.61 Å². The molecule has 0 radical (unpaired) electrons. The number of hydrogen-bond acceptors (Lipinski definition) is 3. The summed E-state index contributed by atoms with van der Waals surface area (Å²) in [7, 11) is 0. The number of rotatable bonds is 2. The molecule has 0 fully saturated rings. The number of ether oxygens (including phenoxy) is 1. The fourth-order valence-corrected chi connectivity index (χ4v) is 1.72. The second-order valence-corrected chi connectivity index (χ2v) is 3.84. The number of amides is 1. The summed E-state index contributed by atoms with van der Waals surface area (Å²) >= 11 is 0. The Labute approximate surface area is 105 Å². The highest BCUT2D eigenvalue weighted by atomic mass is 16.5. The molecule has 1 heterocycles. The monoisotopic (exact) mass is 243 g/mol. The lowest BCUT2D eigenvalue weighted by atomic mass is 10.1. The third kappa shape index (κ3) is 2.69. The van der Waals surface area contributed by atoms with Gasteiger partial charge in [-0.2, -0.15) is 0 Å². The number of esters is 1. The zero-order valence-corrected chi connectivity index (χ0v) is 10.1. The van der Waals surface area contributed by atoms with E-state index in [1.165, 1.54) is 0 Å². The van der Waals surface area contributed by atoms with Gasteiger partial charge >= 0.3 is 5.97 Å². The molecule has 0 saturated heterocycles. The smallest absolute Gasteiger partial charge is 0.317 e. The summed E-state index contributed by atoms with van der Waals surface area (Å²) in [5.41, 5.74) is 2.38. The van der Waals surface area contributed by atoms with E-state index in [4.69, 9.17) is 4.74 Å². The molecule has 0 atom stereocenters. The molecule has 18 heavy (non-hydrogen) atoms. The third-order valence-corrected chi connectivity index (χ3v) is 2.56. The highest BCUT2D eigenvalue weighted by Crippen LogP contribution is 2.16. The first-order chi connectivity index (χ1) is 8.70. The zero-order chi connectivity index (χ0) is 13.0. The maximum atomic E-state index is 11.5. The molecule has 1 aromatic rings. The van der Waals surface area contributed by atoms with Gasteiger partial charge in [-0.1, -0.05) is 17.9 Å². The molecule has 0 aliphatic carbocycles. The van der Waals surface area contributed by atoms with Crippen LogP contribution in [0.15, 0.2) is 18.2 Å². The fourth-order valence-electron chi connectivity index (χ4n) is 1.72. The number of carbonyl (C=O) groups excluding carboxylic acids is 2. The maximum Gasteiger partial charge on any atom is 0.317 e. The van der Waals surface area contributed by atoms with Crippen molar-refractivity contribution in [3.8, 4) is 11.8 Å². The van der Waals surface area contributed by atoms with Crippen LogP contribution in [0.4, 0.5) is 0 Å². The van der Waals surface area contributed by atoms with E-state index in [0.29, 0.717) is 18.7 Å². The Kier molecular flexibility index (Phi) is 3.63. The molecule has 0 aromatic heterocycles. The van der Waals surface area contributed by atoms with Gasteiger partial charge in [-0.05, 0) is 24.6 Å². The van der Waals surface area contributed by atoms with E-state index in [0.717, 1.165) is 11.1 Å². The molecular weight excluding hydrogens is 230 g/mol. The average Bonchev–Trinajstić information content (AvgIpc) is 2.71. The SMILES string of the molecule is CCOC(=O)CC#Cc1ccc2c(c1)C(=O)NC2. The lowest BCUT2D eigenvalue weighted by molar-refractivity contribution is -0.141. The lowest BCUT2D eigenvalue weighted by Gasteiger charge is -1.96. The van der Waals surface area contributed by atoms with Crippen molar-refractivity contribution in [1.82, 2.24) is 5.32 Å². The van der Waals surface area contributed by atoms with E-state index in [1.54, 1.807) is 13.0 Å². The highest BCUT2D eigenvalue weighted by Gasteiger charge is 2.17. The van der Waals surface area contributed by atoms with Crippen molar-refractivity contribution in [3.05, 3.63) is 34.9 Å². The summed E-state index contributed by atoms with van der Waals surface area (Å²) in [6.45, 7) is 2.69. The third-order valence-electron chi connectivity index (χ3n) is 2.56. The van der Waals surface area contributed by atoms with Crippen LogP contribution in [0.1, 0.15) is 34.8 Å². The zero-order valence-electron chi connectivity index (χ0n) is 10.1. The molecule has 1 aliphatic heterocycles. The Morgan fingerprint density at radius 3 is 3.11 bits per heavy atom. The van der Waals surface area contributed by atoms with Gasteiger partial charge in [0.2, 0.25) is 0 Å². The molecule has 1 aliphatic rings. The first-order valence-electron chi connectivity index (χ1n) is 5.76. The van der Waals surface area contributed by atoms with Crippen LogP contribution in [-0.2, 0) is 16.1 Å². The van der Waals surface area contributed by atoms with Crippen LogP contribution >= 0.6 is 0 Å². The van der Waals surface area contributed by atoms with E-state index in [9.17, 15) is 9.59 Å². The summed E-state index contributed by atoms with van der Waals surface area (Å²) in [4.78, 5) is 22.5. The quantitative estimate of drug-likeness (QED) is 0.628. The summed E-state index contributed by atoms with van der Waals surface area (Å²) in [6.07, 6.45) is 0.0666. The minimum Gasteiger partial charge on any atom is -0.465 e. The van der Waals surface area contributed by atoms with Crippen molar-refractivity contribution < 1.29 is 14.3 Å². The largest absolute Gasteiger partial charge is 0.465 e. The van der Waals surface area contributed by atoms with Crippen LogP contribution in [0.3, 0.4) is 0 Å². The van der Waals surface area contributed by atoms with Gasteiger partial charge in [0.25, 0.3) is 5.91 Å². The number of hydrogen-bond donors (Lipinski definition) is 1. The topological polar surface area (TPSA) is 55.4 Å². The molecule has 1 amide bonds. The van der Waals surface area contributed by atoms with E-state index < -0.39 is 0 Å². The Bertz CT molecular complexity index is 552. The summed E-state index contributed by atoms with van der Waals surface area (Å²) < 4.78 is 4.77. The normalized spacial score (nSPS) is 12.2.